The minimum Gasteiger partial charge on any atom is -0.373 e. The van der Waals surface area contributed by atoms with Crippen molar-refractivity contribution in [1.29, 1.82) is 0 Å². The van der Waals surface area contributed by atoms with E-state index in [9.17, 15) is 8.42 Å². The fourth-order valence-corrected chi connectivity index (χ4v) is 3.38. The van der Waals surface area contributed by atoms with Gasteiger partial charge in [0, 0.05) is 6.54 Å². The van der Waals surface area contributed by atoms with E-state index in [2.05, 4.69) is 13.8 Å². The quantitative estimate of drug-likeness (QED) is 0.847. The predicted octanol–water partition coefficient (Wildman–Crippen LogP) is 2.51. The van der Waals surface area contributed by atoms with E-state index in [4.69, 9.17) is 10.5 Å². The summed E-state index contributed by atoms with van der Waals surface area (Å²) in [6.45, 7) is 10.4. The van der Waals surface area contributed by atoms with Crippen molar-refractivity contribution in [1.82, 2.24) is 0 Å². The van der Waals surface area contributed by atoms with Crippen molar-refractivity contribution < 1.29 is 13.2 Å². The molecule has 1 aliphatic carbocycles. The first-order valence-electron chi connectivity index (χ1n) is 7.49. The lowest BCUT2D eigenvalue weighted by molar-refractivity contribution is -0.0754. The molecule has 0 radical (unpaired) electrons. The molecular formula is C15H31NO3S. The Hall–Kier alpha value is -0.130. The molecule has 0 aromatic rings. The third-order valence-corrected chi connectivity index (χ3v) is 7.15. The molecule has 0 spiro atoms. The summed E-state index contributed by atoms with van der Waals surface area (Å²) in [7, 11) is -3.12. The molecule has 1 fully saturated rings. The highest BCUT2D eigenvalue weighted by Crippen LogP contribution is 2.41. The van der Waals surface area contributed by atoms with Crippen LogP contribution in [-0.4, -0.2) is 37.7 Å². The summed E-state index contributed by atoms with van der Waals surface area (Å²) in [5.74, 6) is 0.0711. The molecule has 0 heterocycles. The zero-order valence-corrected chi connectivity index (χ0v) is 14.5. The summed E-state index contributed by atoms with van der Waals surface area (Å²) < 4.78 is 29.4. The second-order valence-electron chi connectivity index (χ2n) is 7.83. The van der Waals surface area contributed by atoms with Crippen molar-refractivity contribution in [2.75, 3.05) is 18.9 Å². The van der Waals surface area contributed by atoms with Gasteiger partial charge in [-0.25, -0.2) is 8.42 Å². The van der Waals surface area contributed by atoms with Gasteiger partial charge in [0.1, 0.15) is 0 Å². The van der Waals surface area contributed by atoms with Gasteiger partial charge in [0.2, 0.25) is 0 Å². The lowest BCUT2D eigenvalue weighted by Crippen LogP contribution is -2.46. The second kappa shape index (κ2) is 5.93. The third-order valence-electron chi connectivity index (χ3n) is 4.58. The molecule has 4 nitrogen and oxygen atoms in total. The zero-order valence-electron chi connectivity index (χ0n) is 13.7. The van der Waals surface area contributed by atoms with Gasteiger partial charge in [0.05, 0.1) is 22.7 Å². The molecule has 0 amide bonds. The summed E-state index contributed by atoms with van der Waals surface area (Å²) >= 11 is 0. The first-order valence-corrected chi connectivity index (χ1v) is 9.15. The van der Waals surface area contributed by atoms with E-state index < -0.39 is 14.6 Å². The molecule has 5 heteroatoms. The van der Waals surface area contributed by atoms with E-state index in [1.54, 1.807) is 20.8 Å². The van der Waals surface area contributed by atoms with Crippen LogP contribution in [0.5, 0.6) is 0 Å². The summed E-state index contributed by atoms with van der Waals surface area (Å²) in [4.78, 5) is 0. The molecule has 0 aromatic heterocycles. The van der Waals surface area contributed by atoms with Crippen LogP contribution >= 0.6 is 0 Å². The van der Waals surface area contributed by atoms with E-state index >= 15 is 0 Å². The molecule has 0 aliphatic heterocycles. The van der Waals surface area contributed by atoms with Crippen molar-refractivity contribution in [3.05, 3.63) is 0 Å². The average Bonchev–Trinajstić information content (AvgIpc) is 2.30. The first kappa shape index (κ1) is 17.9. The summed E-state index contributed by atoms with van der Waals surface area (Å²) in [5, 5.41) is 0. The van der Waals surface area contributed by atoms with Gasteiger partial charge >= 0.3 is 0 Å². The Morgan fingerprint density at radius 2 is 1.60 bits per heavy atom. The van der Waals surface area contributed by atoms with E-state index in [-0.39, 0.29) is 18.0 Å². The van der Waals surface area contributed by atoms with Gasteiger partial charge in [-0.3, -0.25) is 0 Å². The molecule has 1 aliphatic rings. The van der Waals surface area contributed by atoms with E-state index in [1.165, 1.54) is 0 Å². The Balaban J connectivity index is 2.56. The Labute approximate surface area is 124 Å². The third kappa shape index (κ3) is 4.43. The topological polar surface area (TPSA) is 69.4 Å². The van der Waals surface area contributed by atoms with Crippen molar-refractivity contribution in [2.45, 2.75) is 70.7 Å². The lowest BCUT2D eigenvalue weighted by atomic mass is 9.71. The number of ether oxygens (including phenoxy) is 1. The SMILES string of the molecule is CC1(C)CCC(CN)(OCCS(=O)(=O)C(C)(C)C)CC1. The highest BCUT2D eigenvalue weighted by atomic mass is 32.2. The molecular weight excluding hydrogens is 274 g/mol. The largest absolute Gasteiger partial charge is 0.373 e. The smallest absolute Gasteiger partial charge is 0.157 e. The summed E-state index contributed by atoms with van der Waals surface area (Å²) in [6, 6.07) is 0. The first-order chi connectivity index (χ1) is 8.93. The molecule has 1 saturated carbocycles. The number of hydrogen-bond donors (Lipinski definition) is 1. The van der Waals surface area contributed by atoms with Crippen molar-refractivity contribution in [3.8, 4) is 0 Å². The molecule has 0 aromatic carbocycles. The van der Waals surface area contributed by atoms with Crippen LogP contribution in [-0.2, 0) is 14.6 Å². The van der Waals surface area contributed by atoms with Gasteiger partial charge in [-0.15, -0.1) is 0 Å². The van der Waals surface area contributed by atoms with Crippen LogP contribution in [0.25, 0.3) is 0 Å². The lowest BCUT2D eigenvalue weighted by Gasteiger charge is -2.43. The Morgan fingerprint density at radius 1 is 1.10 bits per heavy atom. The second-order valence-corrected chi connectivity index (χ2v) is 10.7. The Kier molecular flexibility index (Phi) is 5.32. The minimum absolute atomic E-state index is 0.0711. The van der Waals surface area contributed by atoms with Crippen LogP contribution < -0.4 is 5.73 Å². The van der Waals surface area contributed by atoms with Crippen molar-refractivity contribution >= 4 is 9.84 Å². The maximum Gasteiger partial charge on any atom is 0.157 e. The van der Waals surface area contributed by atoms with Crippen LogP contribution in [0.2, 0.25) is 0 Å². The maximum absolute atomic E-state index is 12.1. The van der Waals surface area contributed by atoms with Gasteiger partial charge in [0.25, 0.3) is 0 Å². The standard InChI is InChI=1S/C15H31NO3S/c1-13(2,3)20(17,18)11-10-19-15(12-16)8-6-14(4,5)7-9-15/h6-12,16H2,1-5H3. The zero-order chi connectivity index (χ0) is 15.7. The highest BCUT2D eigenvalue weighted by Gasteiger charge is 2.38. The number of hydrogen-bond acceptors (Lipinski definition) is 4. The number of nitrogens with two attached hydrogens (primary N) is 1. The molecule has 0 saturated heterocycles. The fourth-order valence-electron chi connectivity index (χ4n) is 2.46. The van der Waals surface area contributed by atoms with Crippen LogP contribution in [0.15, 0.2) is 0 Å². The monoisotopic (exact) mass is 305 g/mol. The van der Waals surface area contributed by atoms with Crippen LogP contribution in [0.3, 0.4) is 0 Å². The van der Waals surface area contributed by atoms with Gasteiger partial charge in [-0.1, -0.05) is 13.8 Å². The van der Waals surface area contributed by atoms with E-state index in [0.717, 1.165) is 25.7 Å². The fraction of sp³-hybridized carbons (Fsp3) is 1.00. The van der Waals surface area contributed by atoms with Crippen molar-refractivity contribution in [2.24, 2.45) is 11.1 Å². The number of sulfone groups is 1. The van der Waals surface area contributed by atoms with Gasteiger partial charge in [-0.05, 0) is 51.9 Å². The molecule has 0 atom stereocenters. The summed E-state index contributed by atoms with van der Waals surface area (Å²) in [5.41, 5.74) is 5.92. The van der Waals surface area contributed by atoms with Gasteiger partial charge in [-0.2, -0.15) is 0 Å². The minimum atomic E-state index is -3.12. The van der Waals surface area contributed by atoms with Gasteiger partial charge in [0.15, 0.2) is 9.84 Å². The van der Waals surface area contributed by atoms with Gasteiger partial charge < -0.3 is 10.5 Å². The molecule has 0 bridgehead atoms. The molecule has 20 heavy (non-hydrogen) atoms. The number of rotatable bonds is 5. The average molecular weight is 305 g/mol. The molecule has 120 valence electrons. The van der Waals surface area contributed by atoms with Crippen LogP contribution in [0, 0.1) is 5.41 Å². The Bertz CT molecular complexity index is 411. The van der Waals surface area contributed by atoms with E-state index in [0.29, 0.717) is 12.0 Å². The molecule has 2 N–H and O–H groups in total. The highest BCUT2D eigenvalue weighted by molar-refractivity contribution is 7.92. The molecule has 0 unspecified atom stereocenters. The van der Waals surface area contributed by atoms with Crippen LogP contribution in [0.4, 0.5) is 0 Å². The van der Waals surface area contributed by atoms with E-state index in [1.807, 2.05) is 0 Å². The molecule has 1 rings (SSSR count). The Morgan fingerprint density at radius 3 is 2.00 bits per heavy atom. The summed E-state index contributed by atoms with van der Waals surface area (Å²) in [6.07, 6.45) is 4.00. The van der Waals surface area contributed by atoms with Crippen molar-refractivity contribution in [3.63, 3.8) is 0 Å². The predicted molar refractivity (Wildman–Crippen MR) is 83.5 cm³/mol. The maximum atomic E-state index is 12.1. The normalized spacial score (nSPS) is 22.7. The van der Waals surface area contributed by atoms with Crippen LogP contribution in [0.1, 0.15) is 60.3 Å².